The molecule has 0 bridgehead atoms. The fraction of sp³-hybridized carbons (Fsp3) is 0.417. The zero-order chi connectivity index (χ0) is 14.3. The van der Waals surface area contributed by atoms with E-state index in [0.717, 1.165) is 0 Å². The second kappa shape index (κ2) is 6.98. The molecular weight excluding hydrogens is 263 g/mol. The summed E-state index contributed by atoms with van der Waals surface area (Å²) in [6.07, 6.45) is -5.61. The van der Waals surface area contributed by atoms with E-state index in [0.29, 0.717) is 10.5 Å². The number of rotatable bonds is 5. The molecule has 7 heteroatoms. The number of ether oxygens (including phenoxy) is 1. The average Bonchev–Trinajstić information content (AvgIpc) is 2.35. The van der Waals surface area contributed by atoms with Crippen LogP contribution < -0.4 is 0 Å². The summed E-state index contributed by atoms with van der Waals surface area (Å²) in [5, 5.41) is 8.50. The van der Waals surface area contributed by atoms with Crippen molar-refractivity contribution >= 4 is 6.09 Å². The maximum Gasteiger partial charge on any atom is 0.410 e. The fourth-order valence-corrected chi connectivity index (χ4v) is 1.43. The molecule has 1 aromatic rings. The summed E-state index contributed by atoms with van der Waals surface area (Å²) in [6, 6.07) is 8.29. The van der Waals surface area contributed by atoms with E-state index >= 15 is 0 Å². The molecule has 106 valence electrons. The molecule has 0 atom stereocenters. The van der Waals surface area contributed by atoms with Gasteiger partial charge in [0.05, 0.1) is 6.61 Å². The Morgan fingerprint density at radius 1 is 1.26 bits per heavy atom. The number of halogens is 3. The van der Waals surface area contributed by atoms with Gasteiger partial charge >= 0.3 is 12.3 Å². The zero-order valence-corrected chi connectivity index (χ0v) is 10.1. The zero-order valence-electron chi connectivity index (χ0n) is 10.1. The lowest BCUT2D eigenvalue weighted by Crippen LogP contribution is -2.39. The van der Waals surface area contributed by atoms with Crippen molar-refractivity contribution in [2.45, 2.75) is 12.7 Å². The van der Waals surface area contributed by atoms with Crippen molar-refractivity contribution in [2.75, 3.05) is 19.8 Å². The van der Waals surface area contributed by atoms with Crippen LogP contribution in [0.25, 0.3) is 0 Å². The third kappa shape index (κ3) is 6.10. The number of hydrogen-bond acceptors (Lipinski definition) is 3. The highest BCUT2D eigenvalue weighted by Crippen LogP contribution is 2.18. The number of carbonyl (C=O) groups is 1. The number of benzene rings is 1. The summed E-state index contributed by atoms with van der Waals surface area (Å²) in [4.78, 5) is 12.0. The van der Waals surface area contributed by atoms with Crippen molar-refractivity contribution in [1.29, 1.82) is 0 Å². The van der Waals surface area contributed by atoms with Crippen LogP contribution >= 0.6 is 0 Å². The van der Waals surface area contributed by atoms with E-state index in [4.69, 9.17) is 5.11 Å². The Labute approximate surface area is 108 Å². The minimum absolute atomic E-state index is 0.204. The highest BCUT2D eigenvalue weighted by atomic mass is 19.4. The van der Waals surface area contributed by atoms with Gasteiger partial charge in [0.25, 0.3) is 0 Å². The second-order valence-electron chi connectivity index (χ2n) is 3.79. The van der Waals surface area contributed by atoms with Gasteiger partial charge in [0.15, 0.2) is 0 Å². The smallest absolute Gasteiger partial charge is 0.410 e. The highest BCUT2D eigenvalue weighted by Gasteiger charge is 2.33. The Balaban J connectivity index is 2.71. The standard InChI is InChI=1S/C12H14F3NO3/c13-12(14,15)9-16(11(18)19-7-6-17)8-10-4-2-1-3-5-10/h1-5,17H,6-9H2. The Morgan fingerprint density at radius 3 is 2.42 bits per heavy atom. The molecule has 0 spiro atoms. The molecule has 0 aromatic heterocycles. The number of aliphatic hydroxyl groups excluding tert-OH is 1. The molecule has 0 aliphatic rings. The SMILES string of the molecule is O=C(OCCO)N(Cc1ccccc1)CC(F)(F)F. The molecule has 4 nitrogen and oxygen atoms in total. The molecule has 19 heavy (non-hydrogen) atoms. The first kappa shape index (κ1) is 15.3. The maximum atomic E-state index is 12.4. The number of hydrogen-bond donors (Lipinski definition) is 1. The van der Waals surface area contributed by atoms with Gasteiger partial charge in [-0.1, -0.05) is 30.3 Å². The Bertz CT molecular complexity index is 395. The van der Waals surface area contributed by atoms with Gasteiger partial charge in [0, 0.05) is 6.54 Å². The largest absolute Gasteiger partial charge is 0.447 e. The highest BCUT2D eigenvalue weighted by molar-refractivity contribution is 5.67. The van der Waals surface area contributed by atoms with Crippen molar-refractivity contribution in [3.8, 4) is 0 Å². The van der Waals surface area contributed by atoms with E-state index in [9.17, 15) is 18.0 Å². The topological polar surface area (TPSA) is 49.8 Å². The van der Waals surface area contributed by atoms with Crippen LogP contribution in [-0.4, -0.2) is 42.0 Å². The van der Waals surface area contributed by atoms with Crippen LogP contribution in [0.2, 0.25) is 0 Å². The lowest BCUT2D eigenvalue weighted by atomic mass is 10.2. The Morgan fingerprint density at radius 2 is 1.89 bits per heavy atom. The van der Waals surface area contributed by atoms with Crippen LogP contribution in [0.1, 0.15) is 5.56 Å². The maximum absolute atomic E-state index is 12.4. The van der Waals surface area contributed by atoms with E-state index in [1.54, 1.807) is 30.3 Å². The van der Waals surface area contributed by atoms with Crippen molar-refractivity contribution in [1.82, 2.24) is 4.90 Å². The van der Waals surface area contributed by atoms with Crippen molar-refractivity contribution < 1.29 is 27.8 Å². The summed E-state index contributed by atoms with van der Waals surface area (Å²) in [5.41, 5.74) is 0.563. The quantitative estimate of drug-likeness (QED) is 0.897. The Hall–Kier alpha value is -1.76. The van der Waals surface area contributed by atoms with Crippen molar-refractivity contribution in [3.05, 3.63) is 35.9 Å². The predicted molar refractivity (Wildman–Crippen MR) is 61.3 cm³/mol. The minimum atomic E-state index is -4.51. The predicted octanol–water partition coefficient (Wildman–Crippen LogP) is 2.18. The first-order valence-electron chi connectivity index (χ1n) is 5.55. The summed E-state index contributed by atoms with van der Waals surface area (Å²) < 4.78 is 41.7. The average molecular weight is 277 g/mol. The van der Waals surface area contributed by atoms with Gasteiger partial charge in [-0.05, 0) is 5.56 Å². The molecule has 0 aliphatic heterocycles. The van der Waals surface area contributed by atoms with Gasteiger partial charge in [-0.3, -0.25) is 4.90 Å². The molecule has 0 fully saturated rings. The number of amides is 1. The molecule has 1 N–H and O–H groups in total. The molecule has 0 saturated carbocycles. The van der Waals surface area contributed by atoms with Crippen LogP contribution in [-0.2, 0) is 11.3 Å². The second-order valence-corrected chi connectivity index (χ2v) is 3.79. The van der Waals surface area contributed by atoms with Gasteiger partial charge in [-0.25, -0.2) is 4.79 Å². The van der Waals surface area contributed by atoms with Crippen molar-refractivity contribution in [3.63, 3.8) is 0 Å². The van der Waals surface area contributed by atoms with Crippen LogP contribution in [0.5, 0.6) is 0 Å². The normalized spacial score (nSPS) is 11.2. The molecular formula is C12H14F3NO3. The number of carbonyl (C=O) groups excluding carboxylic acids is 1. The van der Waals surface area contributed by atoms with Gasteiger partial charge < -0.3 is 9.84 Å². The van der Waals surface area contributed by atoms with E-state index in [1.165, 1.54) is 0 Å². The summed E-state index contributed by atoms with van der Waals surface area (Å²) in [5.74, 6) is 0. The Kier molecular flexibility index (Phi) is 5.62. The lowest BCUT2D eigenvalue weighted by Gasteiger charge is -2.23. The van der Waals surface area contributed by atoms with Crippen LogP contribution in [0.15, 0.2) is 30.3 Å². The monoisotopic (exact) mass is 277 g/mol. The number of aliphatic hydroxyl groups is 1. The third-order valence-corrected chi connectivity index (χ3v) is 2.16. The summed E-state index contributed by atoms with van der Waals surface area (Å²) >= 11 is 0. The van der Waals surface area contributed by atoms with Crippen LogP contribution in [0, 0.1) is 0 Å². The molecule has 0 heterocycles. The molecule has 0 unspecified atom stereocenters. The van der Waals surface area contributed by atoms with Crippen LogP contribution in [0.4, 0.5) is 18.0 Å². The molecule has 0 aliphatic carbocycles. The van der Waals surface area contributed by atoms with Crippen LogP contribution in [0.3, 0.4) is 0 Å². The summed E-state index contributed by atoms with van der Waals surface area (Å²) in [7, 11) is 0. The lowest BCUT2D eigenvalue weighted by molar-refractivity contribution is -0.143. The van der Waals surface area contributed by atoms with E-state index < -0.39 is 25.4 Å². The molecule has 0 saturated heterocycles. The molecule has 1 amide bonds. The van der Waals surface area contributed by atoms with Gasteiger partial charge in [0.2, 0.25) is 0 Å². The first-order chi connectivity index (χ1) is 8.92. The van der Waals surface area contributed by atoms with Gasteiger partial charge in [-0.2, -0.15) is 13.2 Å². The summed E-state index contributed by atoms with van der Waals surface area (Å²) in [6.45, 7) is -2.37. The minimum Gasteiger partial charge on any atom is -0.447 e. The first-order valence-corrected chi connectivity index (χ1v) is 5.55. The van der Waals surface area contributed by atoms with E-state index in [1.807, 2.05) is 0 Å². The number of alkyl halides is 3. The van der Waals surface area contributed by atoms with E-state index in [-0.39, 0.29) is 13.2 Å². The molecule has 0 radical (unpaired) electrons. The fourth-order valence-electron chi connectivity index (χ4n) is 1.43. The van der Waals surface area contributed by atoms with Gasteiger partial charge in [0.1, 0.15) is 13.2 Å². The molecule has 1 rings (SSSR count). The van der Waals surface area contributed by atoms with Gasteiger partial charge in [-0.15, -0.1) is 0 Å². The third-order valence-electron chi connectivity index (χ3n) is 2.16. The molecule has 1 aromatic carbocycles. The van der Waals surface area contributed by atoms with E-state index in [2.05, 4.69) is 4.74 Å². The van der Waals surface area contributed by atoms with Crippen molar-refractivity contribution in [2.24, 2.45) is 0 Å². The number of nitrogens with zero attached hydrogens (tertiary/aromatic N) is 1.